The third kappa shape index (κ3) is 4.41. The quantitative estimate of drug-likeness (QED) is 0.233. The molecule has 0 saturated carbocycles. The van der Waals surface area contributed by atoms with Crippen LogP contribution in [0, 0.1) is 6.92 Å². The molecule has 1 amide bonds. The molecule has 1 aromatic heterocycles. The van der Waals surface area contributed by atoms with Gasteiger partial charge in [-0.15, -0.1) is 0 Å². The molecule has 1 spiro atoms. The van der Waals surface area contributed by atoms with Crippen molar-refractivity contribution in [3.05, 3.63) is 43.7 Å². The number of esters is 1. The number of hydrogen-bond donors (Lipinski definition) is 1. The van der Waals surface area contributed by atoms with Crippen molar-refractivity contribution in [2.45, 2.75) is 76.3 Å². The molecule has 2 fully saturated rings. The highest BCUT2D eigenvalue weighted by atomic mass is 32.2. The van der Waals surface area contributed by atoms with Crippen LogP contribution in [0.4, 0.5) is 0 Å². The van der Waals surface area contributed by atoms with Gasteiger partial charge in [-0.3, -0.25) is 23.9 Å². The molecule has 204 valence electrons. The summed E-state index contributed by atoms with van der Waals surface area (Å²) in [6, 6.07) is 0. The second-order valence-corrected chi connectivity index (χ2v) is 17.1. The number of nitrogens with one attached hydrogen (secondary N) is 1. The van der Waals surface area contributed by atoms with Gasteiger partial charge in [0.25, 0.3) is 15.7 Å². The minimum atomic E-state index is -4.29. The van der Waals surface area contributed by atoms with E-state index in [9.17, 15) is 27.6 Å². The first kappa shape index (κ1) is 27.4. The summed E-state index contributed by atoms with van der Waals surface area (Å²) in [5.74, 6) is -1.49. The van der Waals surface area contributed by atoms with E-state index in [1.807, 2.05) is 33.9 Å². The van der Waals surface area contributed by atoms with E-state index in [1.165, 1.54) is 13.1 Å². The summed E-state index contributed by atoms with van der Waals surface area (Å²) in [7, 11) is -5.83. The maximum absolute atomic E-state index is 13.0. The number of aromatic nitrogens is 2. The molecular formula is C22H31N3O10SSi. The van der Waals surface area contributed by atoms with Gasteiger partial charge in [-0.1, -0.05) is 20.8 Å². The van der Waals surface area contributed by atoms with Gasteiger partial charge in [0.1, 0.15) is 18.6 Å². The third-order valence-electron chi connectivity index (χ3n) is 7.49. The molecule has 2 saturated heterocycles. The Labute approximate surface area is 214 Å². The van der Waals surface area contributed by atoms with E-state index in [4.69, 9.17) is 13.3 Å². The Morgan fingerprint density at radius 3 is 2.51 bits per heavy atom. The molecular weight excluding hydrogens is 526 g/mol. The normalized spacial score (nSPS) is 28.6. The van der Waals surface area contributed by atoms with E-state index in [-0.39, 0.29) is 22.8 Å². The van der Waals surface area contributed by atoms with Crippen LogP contribution in [-0.2, 0) is 37.8 Å². The summed E-state index contributed by atoms with van der Waals surface area (Å²) < 4.78 is 49.9. The van der Waals surface area contributed by atoms with Crippen molar-refractivity contribution in [2.24, 2.45) is 0 Å². The molecule has 3 aliphatic heterocycles. The third-order valence-corrected chi connectivity index (χ3v) is 13.0. The standard InChI is InChI=1S/C22H31N3O10SSi/c1-12-9-25(20(29)23-18(12)28)19-17(34-37(6,7)21(2,3)4)22-13(11-36(30,31)35-22)24(10-14(22)33-19)15(26)8-16(27)32-5/h9,11,14,17,19H,8,10H2,1-7H3,(H,23,28,29)/t14-,17+,19-,22-/m1/s1. The number of methoxy groups -OCH3 is 1. The zero-order chi connectivity index (χ0) is 27.7. The zero-order valence-electron chi connectivity index (χ0n) is 21.7. The van der Waals surface area contributed by atoms with Gasteiger partial charge in [-0.2, -0.15) is 8.42 Å². The number of amides is 1. The molecule has 0 radical (unpaired) electrons. The van der Waals surface area contributed by atoms with Gasteiger partial charge in [-0.05, 0) is 25.1 Å². The van der Waals surface area contributed by atoms with Gasteiger partial charge < -0.3 is 18.8 Å². The molecule has 0 unspecified atom stereocenters. The van der Waals surface area contributed by atoms with E-state index >= 15 is 0 Å². The topological polar surface area (TPSA) is 163 Å². The van der Waals surface area contributed by atoms with E-state index in [0.29, 0.717) is 0 Å². The highest BCUT2D eigenvalue weighted by Gasteiger charge is 2.72. The summed E-state index contributed by atoms with van der Waals surface area (Å²) in [6.07, 6.45) is -2.74. The summed E-state index contributed by atoms with van der Waals surface area (Å²) in [6.45, 7) is 11.2. The number of carbonyl (C=O) groups excluding carboxylic acids is 2. The lowest BCUT2D eigenvalue weighted by Gasteiger charge is -2.42. The van der Waals surface area contributed by atoms with Crippen LogP contribution in [-0.4, -0.2) is 74.5 Å². The summed E-state index contributed by atoms with van der Waals surface area (Å²) in [4.78, 5) is 53.0. The van der Waals surface area contributed by atoms with E-state index in [2.05, 4.69) is 9.72 Å². The van der Waals surface area contributed by atoms with Crippen LogP contribution in [0.1, 0.15) is 39.0 Å². The smallest absolute Gasteiger partial charge is 0.330 e. The first-order valence-electron chi connectivity index (χ1n) is 11.6. The van der Waals surface area contributed by atoms with E-state index < -0.39 is 72.0 Å². The van der Waals surface area contributed by atoms with Crippen LogP contribution in [0.5, 0.6) is 0 Å². The highest BCUT2D eigenvalue weighted by Crippen LogP contribution is 2.56. The summed E-state index contributed by atoms with van der Waals surface area (Å²) >= 11 is 0. The minimum absolute atomic E-state index is 0.0354. The predicted molar refractivity (Wildman–Crippen MR) is 131 cm³/mol. The molecule has 4 heterocycles. The number of nitrogens with zero attached hydrogens (tertiary/aromatic N) is 2. The van der Waals surface area contributed by atoms with Crippen LogP contribution in [0.25, 0.3) is 0 Å². The lowest BCUT2D eigenvalue weighted by molar-refractivity contribution is -0.146. The van der Waals surface area contributed by atoms with Gasteiger partial charge in [0, 0.05) is 11.8 Å². The number of hydrogen-bond acceptors (Lipinski definition) is 10. The average molecular weight is 558 g/mol. The lowest BCUT2D eigenvalue weighted by atomic mass is 9.92. The van der Waals surface area contributed by atoms with Crippen molar-refractivity contribution in [3.8, 4) is 0 Å². The predicted octanol–water partition coefficient (Wildman–Crippen LogP) is 0.478. The number of H-pyrrole nitrogens is 1. The molecule has 0 aliphatic carbocycles. The fraction of sp³-hybridized carbons (Fsp3) is 0.636. The molecule has 4 rings (SSSR count). The van der Waals surface area contributed by atoms with Gasteiger partial charge >= 0.3 is 11.7 Å². The Morgan fingerprint density at radius 2 is 1.92 bits per heavy atom. The average Bonchev–Trinajstić information content (AvgIpc) is 3.31. The molecule has 37 heavy (non-hydrogen) atoms. The van der Waals surface area contributed by atoms with E-state index in [0.717, 1.165) is 22.0 Å². The maximum Gasteiger partial charge on any atom is 0.330 e. The van der Waals surface area contributed by atoms with Crippen molar-refractivity contribution >= 4 is 30.3 Å². The molecule has 13 nitrogen and oxygen atoms in total. The fourth-order valence-electron chi connectivity index (χ4n) is 4.51. The Morgan fingerprint density at radius 1 is 1.27 bits per heavy atom. The number of aromatic amines is 1. The Bertz CT molecular complexity index is 1410. The molecule has 3 aliphatic rings. The molecule has 4 atom stereocenters. The lowest BCUT2D eigenvalue weighted by Crippen LogP contribution is -2.56. The maximum atomic E-state index is 13.0. The molecule has 1 aromatic rings. The molecule has 0 aromatic carbocycles. The summed E-state index contributed by atoms with van der Waals surface area (Å²) in [5.41, 5.74) is -2.94. The molecule has 15 heteroatoms. The van der Waals surface area contributed by atoms with Crippen LogP contribution in [0.15, 0.2) is 26.9 Å². The van der Waals surface area contributed by atoms with Crippen LogP contribution in [0.3, 0.4) is 0 Å². The van der Waals surface area contributed by atoms with Crippen molar-refractivity contribution in [1.82, 2.24) is 14.5 Å². The molecule has 0 bridgehead atoms. The van der Waals surface area contributed by atoms with Gasteiger partial charge in [0.15, 0.2) is 20.1 Å². The second kappa shape index (κ2) is 8.73. The molecule has 1 N–H and O–H groups in total. The number of ether oxygens (including phenoxy) is 2. The van der Waals surface area contributed by atoms with Gasteiger partial charge in [0.2, 0.25) is 5.91 Å². The van der Waals surface area contributed by atoms with Crippen molar-refractivity contribution in [3.63, 3.8) is 0 Å². The largest absolute Gasteiger partial charge is 0.469 e. The van der Waals surface area contributed by atoms with E-state index in [1.54, 1.807) is 0 Å². The highest BCUT2D eigenvalue weighted by molar-refractivity contribution is 7.90. The summed E-state index contributed by atoms with van der Waals surface area (Å²) in [5, 5.41) is 0.495. The van der Waals surface area contributed by atoms with Crippen LogP contribution >= 0.6 is 0 Å². The first-order valence-corrected chi connectivity index (χ1v) is 16.0. The van der Waals surface area contributed by atoms with Gasteiger partial charge in [0.05, 0.1) is 24.8 Å². The number of carbonyl (C=O) groups is 2. The van der Waals surface area contributed by atoms with Crippen molar-refractivity contribution < 1.29 is 36.1 Å². The SMILES string of the molecule is COC(=O)CC(=O)N1C[C@H]2O[C@@H](n3cc(C)c(=O)[nH]c3=O)[C@H](O[Si](C)(C)C(C)(C)C)[C@]23OS(=O)(=O)C=C13. The Hall–Kier alpha value is -2.59. The zero-order valence-corrected chi connectivity index (χ0v) is 23.5. The van der Waals surface area contributed by atoms with Crippen LogP contribution in [0.2, 0.25) is 18.1 Å². The fourth-order valence-corrected chi connectivity index (χ4v) is 7.09. The Kier molecular flexibility index (Phi) is 6.47. The Balaban J connectivity index is 1.88. The minimum Gasteiger partial charge on any atom is -0.469 e. The van der Waals surface area contributed by atoms with Crippen molar-refractivity contribution in [1.29, 1.82) is 0 Å². The first-order chi connectivity index (χ1) is 16.9. The second-order valence-electron chi connectivity index (χ2n) is 10.9. The van der Waals surface area contributed by atoms with Gasteiger partial charge in [-0.25, -0.2) is 8.98 Å². The van der Waals surface area contributed by atoms with Crippen molar-refractivity contribution in [2.75, 3.05) is 13.7 Å². The van der Waals surface area contributed by atoms with Crippen LogP contribution < -0.4 is 11.2 Å². The number of rotatable bonds is 5. The number of aryl methyl sites for hydroxylation is 1. The number of likely N-dealkylation sites (tertiary alicyclic amines) is 1. The monoisotopic (exact) mass is 557 g/mol.